The molecule has 0 aliphatic carbocycles. The minimum Gasteiger partial charge on any atom is -0.392 e. The van der Waals surface area contributed by atoms with E-state index in [0.717, 1.165) is 0 Å². The Labute approximate surface area is 162 Å². The Hall–Kier alpha value is -1.88. The maximum Gasteiger partial charge on any atom is 0.141 e. The van der Waals surface area contributed by atoms with Gasteiger partial charge in [-0.2, -0.15) is 0 Å². The number of benzene rings is 3. The summed E-state index contributed by atoms with van der Waals surface area (Å²) in [5.41, 5.74) is 1.06. The van der Waals surface area contributed by atoms with Crippen LogP contribution in [-0.2, 0) is 18.8 Å². The van der Waals surface area contributed by atoms with Crippen molar-refractivity contribution in [1.29, 1.82) is 0 Å². The Kier molecular flexibility index (Phi) is 5.66. The second-order valence-electron chi connectivity index (χ2n) is 5.99. The molecular weight excluding hydrogens is 371 g/mol. The van der Waals surface area contributed by atoms with Crippen molar-refractivity contribution >= 4 is 23.2 Å². The first-order valence-electron chi connectivity index (χ1n) is 8.08. The predicted molar refractivity (Wildman–Crippen MR) is 103 cm³/mol. The minimum atomic E-state index is -1.59. The van der Waals surface area contributed by atoms with E-state index in [4.69, 9.17) is 23.2 Å². The van der Waals surface area contributed by atoms with Gasteiger partial charge >= 0.3 is 0 Å². The number of aliphatic hydroxyl groups excluding tert-OH is 2. The summed E-state index contributed by atoms with van der Waals surface area (Å²) in [7, 11) is 0. The molecule has 3 rings (SSSR count). The van der Waals surface area contributed by atoms with E-state index in [2.05, 4.69) is 0 Å². The molecular formula is C21H18Cl2O3. The molecule has 3 aromatic carbocycles. The van der Waals surface area contributed by atoms with Crippen LogP contribution in [0.25, 0.3) is 0 Å². The zero-order valence-electron chi connectivity index (χ0n) is 13.9. The molecule has 0 radical (unpaired) electrons. The summed E-state index contributed by atoms with van der Waals surface area (Å²) in [6.07, 6.45) is 0. The van der Waals surface area contributed by atoms with Crippen molar-refractivity contribution in [2.45, 2.75) is 18.8 Å². The highest BCUT2D eigenvalue weighted by Gasteiger charge is 2.37. The quantitative estimate of drug-likeness (QED) is 0.572. The van der Waals surface area contributed by atoms with E-state index in [1.165, 1.54) is 0 Å². The van der Waals surface area contributed by atoms with Gasteiger partial charge in [0.2, 0.25) is 0 Å². The average molecular weight is 389 g/mol. The van der Waals surface area contributed by atoms with Crippen molar-refractivity contribution in [3.8, 4) is 0 Å². The number of hydrogen-bond donors (Lipinski definition) is 3. The third-order valence-electron chi connectivity index (χ3n) is 4.46. The van der Waals surface area contributed by atoms with Gasteiger partial charge in [0.1, 0.15) is 5.60 Å². The van der Waals surface area contributed by atoms with Gasteiger partial charge in [-0.15, -0.1) is 0 Å². The lowest BCUT2D eigenvalue weighted by Gasteiger charge is -2.33. The van der Waals surface area contributed by atoms with Crippen molar-refractivity contribution in [2.24, 2.45) is 0 Å². The van der Waals surface area contributed by atoms with Crippen LogP contribution in [0.4, 0.5) is 0 Å². The van der Waals surface area contributed by atoms with Gasteiger partial charge in [-0.05, 0) is 46.5 Å². The summed E-state index contributed by atoms with van der Waals surface area (Å²) < 4.78 is 0. The molecule has 0 saturated heterocycles. The molecule has 0 spiro atoms. The maximum absolute atomic E-state index is 11.9. The molecule has 0 aromatic heterocycles. The van der Waals surface area contributed by atoms with Gasteiger partial charge in [-0.25, -0.2) is 0 Å². The highest BCUT2D eigenvalue weighted by Crippen LogP contribution is 2.41. The van der Waals surface area contributed by atoms with Crippen LogP contribution in [0.5, 0.6) is 0 Å². The Morgan fingerprint density at radius 1 is 0.654 bits per heavy atom. The van der Waals surface area contributed by atoms with E-state index in [1.807, 2.05) is 0 Å². The maximum atomic E-state index is 11.9. The van der Waals surface area contributed by atoms with Crippen LogP contribution in [0.3, 0.4) is 0 Å². The van der Waals surface area contributed by atoms with Gasteiger partial charge in [-0.1, -0.05) is 65.7 Å². The first-order chi connectivity index (χ1) is 12.5. The van der Waals surface area contributed by atoms with Crippen LogP contribution in [0, 0.1) is 0 Å². The molecule has 5 heteroatoms. The largest absolute Gasteiger partial charge is 0.392 e. The minimum absolute atomic E-state index is 0.271. The third kappa shape index (κ3) is 3.37. The topological polar surface area (TPSA) is 60.7 Å². The molecule has 3 nitrogen and oxygen atoms in total. The molecule has 0 bridgehead atoms. The summed E-state index contributed by atoms with van der Waals surface area (Å²) in [4.78, 5) is 0. The number of halogens is 2. The SMILES string of the molecule is OCc1cccc(CO)c1C(O)(c1ccc(Cl)cc1)c1ccc(Cl)cc1. The van der Waals surface area contributed by atoms with Crippen LogP contribution in [0.1, 0.15) is 27.8 Å². The molecule has 0 atom stereocenters. The first kappa shape index (κ1) is 18.9. The van der Waals surface area contributed by atoms with E-state index >= 15 is 0 Å². The Balaban J connectivity index is 2.35. The predicted octanol–water partition coefficient (Wildman–Crippen LogP) is 4.26. The normalized spacial score (nSPS) is 11.6. The van der Waals surface area contributed by atoms with Gasteiger partial charge in [0.05, 0.1) is 13.2 Å². The van der Waals surface area contributed by atoms with Crippen LogP contribution < -0.4 is 0 Å². The van der Waals surface area contributed by atoms with Crippen LogP contribution in [0.2, 0.25) is 10.0 Å². The van der Waals surface area contributed by atoms with E-state index in [0.29, 0.717) is 37.9 Å². The Morgan fingerprint density at radius 2 is 1.04 bits per heavy atom. The summed E-state index contributed by atoms with van der Waals surface area (Å²) in [6, 6.07) is 18.9. The van der Waals surface area contributed by atoms with Crippen molar-refractivity contribution in [3.05, 3.63) is 105 Å². The molecule has 0 heterocycles. The van der Waals surface area contributed by atoms with E-state index in [-0.39, 0.29) is 13.2 Å². The first-order valence-corrected chi connectivity index (χ1v) is 8.83. The van der Waals surface area contributed by atoms with Gasteiger partial charge in [0.15, 0.2) is 0 Å². The standard InChI is InChI=1S/C21H18Cl2O3/c22-18-8-4-16(5-9-18)21(26,17-6-10-19(23)11-7-17)20-14(12-24)2-1-3-15(20)13-25/h1-11,24-26H,12-13H2. The van der Waals surface area contributed by atoms with Gasteiger partial charge < -0.3 is 15.3 Å². The van der Waals surface area contributed by atoms with E-state index in [1.54, 1.807) is 66.7 Å². The van der Waals surface area contributed by atoms with Crippen molar-refractivity contribution in [3.63, 3.8) is 0 Å². The molecule has 0 fully saturated rings. The summed E-state index contributed by atoms with van der Waals surface area (Å²) in [6.45, 7) is -0.542. The Bertz CT molecular complexity index is 822. The molecule has 134 valence electrons. The summed E-state index contributed by atoms with van der Waals surface area (Å²) in [5.74, 6) is 0. The fourth-order valence-electron chi connectivity index (χ4n) is 3.22. The van der Waals surface area contributed by atoms with Crippen LogP contribution in [-0.4, -0.2) is 15.3 Å². The van der Waals surface area contributed by atoms with Crippen LogP contribution >= 0.6 is 23.2 Å². The number of aliphatic hydroxyl groups is 3. The monoisotopic (exact) mass is 388 g/mol. The third-order valence-corrected chi connectivity index (χ3v) is 4.97. The highest BCUT2D eigenvalue weighted by atomic mass is 35.5. The lowest BCUT2D eigenvalue weighted by Crippen LogP contribution is -2.31. The van der Waals surface area contributed by atoms with Crippen molar-refractivity contribution in [2.75, 3.05) is 0 Å². The molecule has 0 saturated carbocycles. The zero-order chi connectivity index (χ0) is 18.7. The Morgan fingerprint density at radius 3 is 1.38 bits per heavy atom. The van der Waals surface area contributed by atoms with Gasteiger partial charge in [0.25, 0.3) is 0 Å². The highest BCUT2D eigenvalue weighted by molar-refractivity contribution is 6.30. The molecule has 26 heavy (non-hydrogen) atoms. The fourth-order valence-corrected chi connectivity index (χ4v) is 3.47. The molecule has 0 unspecified atom stereocenters. The van der Waals surface area contributed by atoms with Gasteiger partial charge in [-0.3, -0.25) is 0 Å². The molecule has 0 aliphatic rings. The lowest BCUT2D eigenvalue weighted by molar-refractivity contribution is 0.119. The fraction of sp³-hybridized carbons (Fsp3) is 0.143. The second-order valence-corrected chi connectivity index (χ2v) is 6.86. The van der Waals surface area contributed by atoms with Crippen molar-refractivity contribution in [1.82, 2.24) is 0 Å². The second kappa shape index (κ2) is 7.78. The molecule has 3 N–H and O–H groups in total. The van der Waals surface area contributed by atoms with Gasteiger partial charge in [0, 0.05) is 15.6 Å². The average Bonchev–Trinajstić information content (AvgIpc) is 2.67. The molecule has 3 aromatic rings. The number of hydrogen-bond acceptors (Lipinski definition) is 3. The molecule has 0 aliphatic heterocycles. The summed E-state index contributed by atoms with van der Waals surface area (Å²) in [5, 5.41) is 32.7. The molecule has 0 amide bonds. The van der Waals surface area contributed by atoms with Crippen LogP contribution in [0.15, 0.2) is 66.7 Å². The van der Waals surface area contributed by atoms with E-state index < -0.39 is 5.60 Å². The van der Waals surface area contributed by atoms with E-state index in [9.17, 15) is 15.3 Å². The summed E-state index contributed by atoms with van der Waals surface area (Å²) >= 11 is 12.0. The number of rotatable bonds is 5. The zero-order valence-corrected chi connectivity index (χ0v) is 15.4. The lowest BCUT2D eigenvalue weighted by atomic mass is 9.76. The van der Waals surface area contributed by atoms with Crippen molar-refractivity contribution < 1.29 is 15.3 Å². The smallest absolute Gasteiger partial charge is 0.141 e.